The Balaban J connectivity index is 1.61. The fourth-order valence-corrected chi connectivity index (χ4v) is 6.49. The van der Waals surface area contributed by atoms with Gasteiger partial charge in [0.05, 0.1) is 11.3 Å². The van der Waals surface area contributed by atoms with E-state index in [1.54, 1.807) is 24.7 Å². The van der Waals surface area contributed by atoms with E-state index in [-0.39, 0.29) is 17.4 Å². The zero-order valence-corrected chi connectivity index (χ0v) is 18.6. The number of aromatic nitrogens is 5. The van der Waals surface area contributed by atoms with Crippen LogP contribution in [0.4, 0.5) is 8.78 Å². The van der Waals surface area contributed by atoms with Crippen LogP contribution in [0.25, 0.3) is 26.1 Å². The average Bonchev–Trinajstić information content (AvgIpc) is 3.35. The summed E-state index contributed by atoms with van der Waals surface area (Å²) in [5.41, 5.74) is 1.68. The number of fused-ring (bicyclic) bond motifs is 5. The van der Waals surface area contributed by atoms with Gasteiger partial charge in [0.2, 0.25) is 10.0 Å². The molecule has 5 rings (SSSR count). The Morgan fingerprint density at radius 3 is 2.87 bits per heavy atom. The third-order valence-corrected chi connectivity index (χ3v) is 8.65. The molecule has 0 spiro atoms. The number of aryl methyl sites for hydroxylation is 1. The van der Waals surface area contributed by atoms with Gasteiger partial charge in [-0.15, -0.1) is 16.4 Å². The van der Waals surface area contributed by atoms with Crippen molar-refractivity contribution in [3.63, 3.8) is 0 Å². The monoisotopic (exact) mass is 466 g/mol. The first-order chi connectivity index (χ1) is 14.8. The highest BCUT2D eigenvalue weighted by Gasteiger charge is 2.31. The van der Waals surface area contributed by atoms with Gasteiger partial charge in [-0.25, -0.2) is 41.0 Å². The fourth-order valence-electron chi connectivity index (χ4n) is 4.12. The van der Waals surface area contributed by atoms with Crippen LogP contribution in [0.3, 0.4) is 0 Å². The minimum atomic E-state index is -3.27. The number of thiophene rings is 1. The molecule has 4 aromatic rings. The van der Waals surface area contributed by atoms with Gasteiger partial charge >= 0.3 is 0 Å². The van der Waals surface area contributed by atoms with Gasteiger partial charge in [0.1, 0.15) is 21.6 Å². The molecule has 0 N–H and O–H groups in total. The van der Waals surface area contributed by atoms with Gasteiger partial charge in [-0.3, -0.25) is 0 Å². The second kappa shape index (κ2) is 7.38. The molecule has 1 aliphatic heterocycles. The Kier molecular flexibility index (Phi) is 4.90. The van der Waals surface area contributed by atoms with Crippen molar-refractivity contribution in [2.45, 2.75) is 39.0 Å². The van der Waals surface area contributed by atoms with Crippen LogP contribution in [0.5, 0.6) is 0 Å². The lowest BCUT2D eigenvalue weighted by Gasteiger charge is -2.30. The zero-order chi connectivity index (χ0) is 21.9. The van der Waals surface area contributed by atoms with E-state index in [2.05, 4.69) is 15.1 Å². The first kappa shape index (κ1) is 20.6. The Hall–Kier alpha value is -2.31. The van der Waals surface area contributed by atoms with Crippen LogP contribution < -0.4 is 0 Å². The van der Waals surface area contributed by atoms with Crippen molar-refractivity contribution in [1.29, 1.82) is 0 Å². The first-order valence-electron chi connectivity index (χ1n) is 9.99. The molecule has 1 fully saturated rings. The summed E-state index contributed by atoms with van der Waals surface area (Å²) in [6, 6.07) is 1.39. The molecule has 4 aromatic heterocycles. The highest BCUT2D eigenvalue weighted by atomic mass is 32.2. The molecule has 31 heavy (non-hydrogen) atoms. The summed E-state index contributed by atoms with van der Waals surface area (Å²) in [5.74, 6) is 0.530. The van der Waals surface area contributed by atoms with Crippen LogP contribution in [-0.4, -0.2) is 56.1 Å². The number of halogens is 2. The Morgan fingerprint density at radius 1 is 1.32 bits per heavy atom. The van der Waals surface area contributed by atoms with Gasteiger partial charge < -0.3 is 0 Å². The molecule has 0 amide bonds. The Bertz CT molecular complexity index is 1420. The number of nitrogens with zero attached hydrogens (tertiary/aromatic N) is 6. The molecule has 1 atom stereocenters. The SMILES string of the molecule is CCS(=O)(=O)N1CCCC(c2nc3c4sc5nc(C(F)F)cc(C)c5c4ncn3n2)C1. The second-order valence-corrected chi connectivity index (χ2v) is 11.0. The van der Waals surface area contributed by atoms with Crippen molar-refractivity contribution >= 4 is 47.4 Å². The molecule has 1 aliphatic rings. The predicted octanol–water partition coefficient (Wildman–Crippen LogP) is 3.66. The highest BCUT2D eigenvalue weighted by Crippen LogP contribution is 2.37. The molecule has 0 aliphatic carbocycles. The average molecular weight is 467 g/mol. The van der Waals surface area contributed by atoms with E-state index >= 15 is 0 Å². The lowest BCUT2D eigenvalue weighted by atomic mass is 9.99. The normalized spacial score (nSPS) is 18.7. The first-order valence-corrected chi connectivity index (χ1v) is 12.4. The minimum absolute atomic E-state index is 0.0671. The molecule has 5 heterocycles. The topological polar surface area (TPSA) is 93.4 Å². The smallest absolute Gasteiger partial charge is 0.236 e. The summed E-state index contributed by atoms with van der Waals surface area (Å²) < 4.78 is 54.8. The number of hydrogen-bond acceptors (Lipinski definition) is 7. The Labute approximate surface area is 181 Å². The molecule has 12 heteroatoms. The van der Waals surface area contributed by atoms with Crippen LogP contribution >= 0.6 is 11.3 Å². The third kappa shape index (κ3) is 3.37. The summed E-state index contributed by atoms with van der Waals surface area (Å²) in [7, 11) is -3.27. The van der Waals surface area contributed by atoms with E-state index in [4.69, 9.17) is 4.98 Å². The largest absolute Gasteiger partial charge is 0.280 e. The van der Waals surface area contributed by atoms with E-state index in [9.17, 15) is 17.2 Å². The summed E-state index contributed by atoms with van der Waals surface area (Å²) in [6.45, 7) is 4.28. The maximum absolute atomic E-state index is 13.2. The molecule has 0 aromatic carbocycles. The lowest BCUT2D eigenvalue weighted by molar-refractivity contribution is 0.146. The molecule has 0 bridgehead atoms. The van der Waals surface area contributed by atoms with Gasteiger partial charge in [-0.05, 0) is 38.3 Å². The Morgan fingerprint density at radius 2 is 2.13 bits per heavy atom. The highest BCUT2D eigenvalue weighted by molar-refractivity contribution is 7.89. The second-order valence-electron chi connectivity index (χ2n) is 7.71. The van der Waals surface area contributed by atoms with Crippen LogP contribution in [0, 0.1) is 6.92 Å². The zero-order valence-electron chi connectivity index (χ0n) is 16.9. The number of hydrogen-bond donors (Lipinski definition) is 0. The minimum Gasteiger partial charge on any atom is -0.236 e. The predicted molar refractivity (Wildman–Crippen MR) is 114 cm³/mol. The lowest BCUT2D eigenvalue weighted by Crippen LogP contribution is -2.40. The third-order valence-electron chi connectivity index (χ3n) is 5.73. The quantitative estimate of drug-likeness (QED) is 0.456. The van der Waals surface area contributed by atoms with Crippen LogP contribution in [-0.2, 0) is 10.0 Å². The number of piperidine rings is 1. The molecule has 164 valence electrons. The number of alkyl halides is 2. The van der Waals surface area contributed by atoms with Gasteiger partial charge in [0, 0.05) is 24.4 Å². The van der Waals surface area contributed by atoms with Gasteiger partial charge in [0.15, 0.2) is 11.5 Å². The molecule has 0 saturated carbocycles. The van der Waals surface area contributed by atoms with Crippen molar-refractivity contribution in [3.05, 3.63) is 29.5 Å². The summed E-state index contributed by atoms with van der Waals surface area (Å²) in [4.78, 5) is 13.8. The van der Waals surface area contributed by atoms with Crippen LogP contribution in [0.1, 0.15) is 49.2 Å². The molecule has 1 unspecified atom stereocenters. The number of sulfonamides is 1. The van der Waals surface area contributed by atoms with E-state index in [1.807, 2.05) is 0 Å². The maximum atomic E-state index is 13.2. The molecule has 1 saturated heterocycles. The van der Waals surface area contributed by atoms with Crippen LogP contribution in [0.2, 0.25) is 0 Å². The van der Waals surface area contributed by atoms with Crippen molar-refractivity contribution in [1.82, 2.24) is 28.9 Å². The fraction of sp³-hybridized carbons (Fsp3) is 0.474. The van der Waals surface area contributed by atoms with E-state index in [0.717, 1.165) is 22.9 Å². The molecular weight excluding hydrogens is 446 g/mol. The van der Waals surface area contributed by atoms with Gasteiger partial charge in [-0.1, -0.05) is 0 Å². The molecule has 8 nitrogen and oxygen atoms in total. The molecular formula is C19H20F2N6O2S2. The van der Waals surface area contributed by atoms with Gasteiger partial charge in [0.25, 0.3) is 6.43 Å². The summed E-state index contributed by atoms with van der Waals surface area (Å²) >= 11 is 1.27. The van der Waals surface area contributed by atoms with Crippen LogP contribution in [0.15, 0.2) is 12.4 Å². The van der Waals surface area contributed by atoms with Gasteiger partial charge in [-0.2, -0.15) is 0 Å². The van der Waals surface area contributed by atoms with E-state index < -0.39 is 16.4 Å². The summed E-state index contributed by atoms with van der Waals surface area (Å²) in [6.07, 6.45) is 0.461. The van der Waals surface area contributed by atoms with Crippen molar-refractivity contribution < 1.29 is 17.2 Å². The maximum Gasteiger partial charge on any atom is 0.280 e. The van der Waals surface area contributed by atoms with Crippen molar-refractivity contribution in [3.8, 4) is 0 Å². The standard InChI is InChI=1S/C19H20F2N6O2S2/c1-3-31(28,29)26-6-4-5-11(8-26)17-24-18-15-14(22-9-27(18)25-17)13-10(2)7-12(16(20)21)23-19(13)30-15/h7,9,11,16H,3-6,8H2,1-2H3. The number of rotatable bonds is 4. The molecule has 0 radical (unpaired) electrons. The van der Waals surface area contributed by atoms with E-state index in [1.165, 1.54) is 21.7 Å². The number of pyridine rings is 1. The van der Waals surface area contributed by atoms with Crippen molar-refractivity contribution in [2.24, 2.45) is 0 Å². The van der Waals surface area contributed by atoms with E-state index in [0.29, 0.717) is 40.5 Å². The van der Waals surface area contributed by atoms with Crippen molar-refractivity contribution in [2.75, 3.05) is 18.8 Å². The summed E-state index contributed by atoms with van der Waals surface area (Å²) in [5, 5.41) is 5.30.